The van der Waals surface area contributed by atoms with Crippen LogP contribution in [0, 0.1) is 5.92 Å². The zero-order chi connectivity index (χ0) is 23.8. The Balaban J connectivity index is 1.53. The molecule has 8 heteroatoms. The van der Waals surface area contributed by atoms with Gasteiger partial charge >= 0.3 is 5.97 Å². The molecule has 2 aromatic carbocycles. The zero-order valence-electron chi connectivity index (χ0n) is 18.9. The summed E-state index contributed by atoms with van der Waals surface area (Å²) in [6, 6.07) is 13.0. The molecule has 8 nitrogen and oxygen atoms in total. The van der Waals surface area contributed by atoms with Crippen LogP contribution in [0.3, 0.4) is 0 Å². The number of benzene rings is 2. The summed E-state index contributed by atoms with van der Waals surface area (Å²) in [6.07, 6.45) is 2.16. The number of carbonyl (C=O) groups excluding carboxylic acids is 4. The van der Waals surface area contributed by atoms with E-state index in [9.17, 15) is 19.2 Å². The van der Waals surface area contributed by atoms with Crippen LogP contribution < -0.4 is 10.6 Å². The van der Waals surface area contributed by atoms with Crippen molar-refractivity contribution in [3.63, 3.8) is 0 Å². The third-order valence-corrected chi connectivity index (χ3v) is 5.44. The SMILES string of the molecule is CCCCN1CC(C(=O)Nc2ccc(C(=O)Nc3ccc(C(=O)OCC)cc3)cc2)CC1=O. The fraction of sp³-hybridized carbons (Fsp3) is 0.360. The first-order valence-corrected chi connectivity index (χ1v) is 11.2. The van der Waals surface area contributed by atoms with Crippen LogP contribution in [0.5, 0.6) is 0 Å². The van der Waals surface area contributed by atoms with Gasteiger partial charge in [0.1, 0.15) is 0 Å². The second kappa shape index (κ2) is 11.3. The summed E-state index contributed by atoms with van der Waals surface area (Å²) in [7, 11) is 0. The van der Waals surface area contributed by atoms with E-state index in [1.54, 1.807) is 60.4 Å². The zero-order valence-corrected chi connectivity index (χ0v) is 18.9. The Kier molecular flexibility index (Phi) is 8.18. The predicted molar refractivity (Wildman–Crippen MR) is 125 cm³/mol. The molecule has 0 spiro atoms. The molecule has 1 aliphatic heterocycles. The topological polar surface area (TPSA) is 105 Å². The number of hydrogen-bond donors (Lipinski definition) is 2. The molecule has 3 amide bonds. The van der Waals surface area contributed by atoms with E-state index in [-0.39, 0.29) is 30.1 Å². The largest absolute Gasteiger partial charge is 0.462 e. The molecule has 1 fully saturated rings. The second-order valence-electron chi connectivity index (χ2n) is 7.91. The van der Waals surface area contributed by atoms with Gasteiger partial charge < -0.3 is 20.3 Å². The van der Waals surface area contributed by atoms with Crippen molar-refractivity contribution >= 4 is 35.1 Å². The molecule has 1 heterocycles. The lowest BCUT2D eigenvalue weighted by molar-refractivity contribution is -0.128. The lowest BCUT2D eigenvalue weighted by Gasteiger charge is -2.16. The Morgan fingerprint density at radius 2 is 1.55 bits per heavy atom. The van der Waals surface area contributed by atoms with Gasteiger partial charge in [0.05, 0.1) is 18.1 Å². The molecule has 0 aromatic heterocycles. The number of rotatable bonds is 9. The number of ether oxygens (including phenoxy) is 1. The molecule has 2 N–H and O–H groups in total. The summed E-state index contributed by atoms with van der Waals surface area (Å²) in [5, 5.41) is 5.60. The van der Waals surface area contributed by atoms with Gasteiger partial charge in [0.2, 0.25) is 11.8 Å². The average molecular weight is 452 g/mol. The van der Waals surface area contributed by atoms with Crippen molar-refractivity contribution in [1.82, 2.24) is 4.90 Å². The number of unbranched alkanes of at least 4 members (excludes halogenated alkanes) is 1. The maximum atomic E-state index is 12.6. The first kappa shape index (κ1) is 24.0. The van der Waals surface area contributed by atoms with E-state index >= 15 is 0 Å². The number of nitrogens with one attached hydrogen (secondary N) is 2. The van der Waals surface area contributed by atoms with Crippen molar-refractivity contribution < 1.29 is 23.9 Å². The van der Waals surface area contributed by atoms with E-state index in [2.05, 4.69) is 17.6 Å². The van der Waals surface area contributed by atoms with Crippen LogP contribution in [-0.4, -0.2) is 48.3 Å². The van der Waals surface area contributed by atoms with Crippen LogP contribution in [0.25, 0.3) is 0 Å². The number of nitrogens with zero attached hydrogens (tertiary/aromatic N) is 1. The average Bonchev–Trinajstić information content (AvgIpc) is 3.19. The normalized spacial score (nSPS) is 15.3. The number of likely N-dealkylation sites (tertiary alicyclic amines) is 1. The third kappa shape index (κ3) is 6.41. The summed E-state index contributed by atoms with van der Waals surface area (Å²) in [4.78, 5) is 50.6. The number of amides is 3. The van der Waals surface area contributed by atoms with Crippen molar-refractivity contribution in [3.8, 4) is 0 Å². The Labute approximate surface area is 193 Å². The van der Waals surface area contributed by atoms with E-state index in [0.29, 0.717) is 42.2 Å². The van der Waals surface area contributed by atoms with E-state index < -0.39 is 5.97 Å². The van der Waals surface area contributed by atoms with Crippen molar-refractivity contribution in [2.75, 3.05) is 30.3 Å². The Morgan fingerprint density at radius 3 is 2.15 bits per heavy atom. The monoisotopic (exact) mass is 451 g/mol. The van der Waals surface area contributed by atoms with Gasteiger partial charge in [0.15, 0.2) is 0 Å². The van der Waals surface area contributed by atoms with Crippen molar-refractivity contribution in [2.45, 2.75) is 33.1 Å². The van der Waals surface area contributed by atoms with Gasteiger partial charge in [-0.25, -0.2) is 4.79 Å². The summed E-state index contributed by atoms with van der Waals surface area (Å²) in [5.41, 5.74) is 1.94. The lowest BCUT2D eigenvalue weighted by atomic mass is 10.1. The highest BCUT2D eigenvalue weighted by Gasteiger charge is 2.33. The van der Waals surface area contributed by atoms with E-state index in [4.69, 9.17) is 4.74 Å². The first-order chi connectivity index (χ1) is 15.9. The summed E-state index contributed by atoms with van der Waals surface area (Å²) < 4.78 is 4.94. The lowest BCUT2D eigenvalue weighted by Crippen LogP contribution is -2.29. The molecule has 3 rings (SSSR count). The highest BCUT2D eigenvalue weighted by molar-refractivity contribution is 6.05. The third-order valence-electron chi connectivity index (χ3n) is 5.44. The summed E-state index contributed by atoms with van der Waals surface area (Å²) in [5.74, 6) is -1.27. The van der Waals surface area contributed by atoms with Crippen LogP contribution in [0.4, 0.5) is 11.4 Å². The molecule has 1 unspecified atom stereocenters. The summed E-state index contributed by atoms with van der Waals surface area (Å²) >= 11 is 0. The molecule has 174 valence electrons. The van der Waals surface area contributed by atoms with Crippen molar-refractivity contribution in [2.24, 2.45) is 5.92 Å². The van der Waals surface area contributed by atoms with Crippen molar-refractivity contribution in [1.29, 1.82) is 0 Å². The maximum absolute atomic E-state index is 12.6. The minimum atomic E-state index is -0.413. The highest BCUT2D eigenvalue weighted by atomic mass is 16.5. The fourth-order valence-electron chi connectivity index (χ4n) is 3.57. The van der Waals surface area contributed by atoms with E-state index in [1.165, 1.54) is 0 Å². The quantitative estimate of drug-likeness (QED) is 0.566. The molecule has 0 saturated carbocycles. The van der Waals surface area contributed by atoms with Gasteiger partial charge in [-0.2, -0.15) is 0 Å². The Bertz CT molecular complexity index is 1000. The van der Waals surface area contributed by atoms with Crippen molar-refractivity contribution in [3.05, 3.63) is 59.7 Å². The molecule has 33 heavy (non-hydrogen) atoms. The molecule has 1 saturated heterocycles. The molecule has 0 aliphatic carbocycles. The maximum Gasteiger partial charge on any atom is 0.338 e. The van der Waals surface area contributed by atoms with E-state index in [0.717, 1.165) is 12.8 Å². The fourth-order valence-corrected chi connectivity index (χ4v) is 3.57. The molecule has 0 bridgehead atoms. The van der Waals surface area contributed by atoms with Gasteiger partial charge in [0.25, 0.3) is 5.91 Å². The van der Waals surface area contributed by atoms with Crippen LogP contribution in [0.1, 0.15) is 53.8 Å². The first-order valence-electron chi connectivity index (χ1n) is 11.2. The second-order valence-corrected chi connectivity index (χ2v) is 7.91. The smallest absolute Gasteiger partial charge is 0.338 e. The van der Waals surface area contributed by atoms with Gasteiger partial charge in [-0.3, -0.25) is 14.4 Å². The summed E-state index contributed by atoms with van der Waals surface area (Å²) in [6.45, 7) is 5.23. The Morgan fingerprint density at radius 1 is 0.939 bits per heavy atom. The highest BCUT2D eigenvalue weighted by Crippen LogP contribution is 2.21. The Hall–Kier alpha value is -3.68. The number of anilines is 2. The number of esters is 1. The molecule has 1 aliphatic rings. The molecular weight excluding hydrogens is 422 g/mol. The van der Waals surface area contributed by atoms with Gasteiger partial charge in [-0.05, 0) is 61.9 Å². The molecule has 2 aromatic rings. The molecule has 1 atom stereocenters. The minimum absolute atomic E-state index is 0.0194. The molecular formula is C25H29N3O5. The van der Waals surface area contributed by atoms with Crippen LogP contribution >= 0.6 is 0 Å². The standard InChI is InChI=1S/C25H29N3O5/c1-3-5-14-28-16-19(15-22(28)29)24(31)27-20-10-6-17(7-11-20)23(30)26-21-12-8-18(9-13-21)25(32)33-4-2/h6-13,19H,3-5,14-16H2,1-2H3,(H,26,30)(H,27,31). The predicted octanol–water partition coefficient (Wildman–Crippen LogP) is 3.70. The van der Waals surface area contributed by atoms with Gasteiger partial charge in [0, 0.05) is 36.4 Å². The van der Waals surface area contributed by atoms with Crippen LogP contribution in [0.15, 0.2) is 48.5 Å². The number of carbonyl (C=O) groups is 4. The minimum Gasteiger partial charge on any atom is -0.462 e. The van der Waals surface area contributed by atoms with Crippen LogP contribution in [0.2, 0.25) is 0 Å². The van der Waals surface area contributed by atoms with Gasteiger partial charge in [-0.1, -0.05) is 13.3 Å². The van der Waals surface area contributed by atoms with Crippen LogP contribution in [-0.2, 0) is 14.3 Å². The van der Waals surface area contributed by atoms with Gasteiger partial charge in [-0.15, -0.1) is 0 Å². The molecule has 0 radical (unpaired) electrons. The van der Waals surface area contributed by atoms with E-state index in [1.807, 2.05) is 0 Å². The number of hydrogen-bond acceptors (Lipinski definition) is 5.